The highest BCUT2D eigenvalue weighted by Crippen LogP contribution is 2.44. The van der Waals surface area contributed by atoms with Crippen LogP contribution in [0.3, 0.4) is 0 Å². The monoisotopic (exact) mass is 214 g/mol. The van der Waals surface area contributed by atoms with E-state index in [9.17, 15) is 4.79 Å². The summed E-state index contributed by atoms with van der Waals surface area (Å²) in [6.45, 7) is 6.34. The van der Waals surface area contributed by atoms with Crippen molar-refractivity contribution in [3.8, 4) is 0 Å². The van der Waals surface area contributed by atoms with Crippen molar-refractivity contribution in [2.24, 2.45) is 11.3 Å². The van der Waals surface area contributed by atoms with Crippen LogP contribution in [0, 0.1) is 5.41 Å². The average molecular weight is 214 g/mol. The smallest absolute Gasteiger partial charge is 0.421 e. The van der Waals surface area contributed by atoms with Crippen LogP contribution < -0.4 is 11.3 Å². The Morgan fingerprint density at radius 1 is 1.27 bits per heavy atom. The zero-order valence-corrected chi connectivity index (χ0v) is 9.93. The van der Waals surface area contributed by atoms with Crippen molar-refractivity contribution < 1.29 is 9.53 Å². The zero-order valence-electron chi connectivity index (χ0n) is 9.93. The van der Waals surface area contributed by atoms with Crippen molar-refractivity contribution >= 4 is 6.09 Å². The summed E-state index contributed by atoms with van der Waals surface area (Å²) in [5.41, 5.74) is 1.65. The van der Waals surface area contributed by atoms with Crippen molar-refractivity contribution in [3.05, 3.63) is 0 Å². The van der Waals surface area contributed by atoms with Crippen LogP contribution in [0.5, 0.6) is 0 Å². The fourth-order valence-corrected chi connectivity index (χ4v) is 2.33. The number of rotatable bonds is 1. The molecule has 3 N–H and O–H groups in total. The van der Waals surface area contributed by atoms with E-state index in [0.717, 1.165) is 25.7 Å². The molecule has 0 bridgehead atoms. The molecule has 1 amide bonds. The van der Waals surface area contributed by atoms with E-state index in [-0.39, 0.29) is 11.0 Å². The van der Waals surface area contributed by atoms with Crippen LogP contribution >= 0.6 is 0 Å². The third-order valence-electron chi connectivity index (χ3n) is 3.43. The Morgan fingerprint density at radius 2 is 1.80 bits per heavy atom. The molecule has 1 fully saturated rings. The molecular formula is C11H22N2O2. The van der Waals surface area contributed by atoms with Crippen LogP contribution in [-0.2, 0) is 4.74 Å². The zero-order chi connectivity index (χ0) is 11.5. The molecular weight excluding hydrogens is 192 g/mol. The van der Waals surface area contributed by atoms with E-state index < -0.39 is 6.09 Å². The maximum absolute atomic E-state index is 11.3. The number of nitrogens with two attached hydrogens (primary N) is 1. The van der Waals surface area contributed by atoms with Gasteiger partial charge in [-0.15, -0.1) is 0 Å². The van der Waals surface area contributed by atoms with Gasteiger partial charge >= 0.3 is 6.09 Å². The van der Waals surface area contributed by atoms with E-state index in [0.29, 0.717) is 0 Å². The molecule has 0 aliphatic heterocycles. The lowest BCUT2D eigenvalue weighted by Gasteiger charge is -2.46. The molecule has 0 spiro atoms. The largest absolute Gasteiger partial charge is 0.441 e. The van der Waals surface area contributed by atoms with Crippen molar-refractivity contribution in [3.63, 3.8) is 0 Å². The molecule has 4 heteroatoms. The Balaban J connectivity index is 2.80. The van der Waals surface area contributed by atoms with Crippen LogP contribution in [0.1, 0.15) is 52.9 Å². The first kappa shape index (κ1) is 12.3. The molecule has 0 saturated heterocycles. The molecule has 1 aliphatic carbocycles. The van der Waals surface area contributed by atoms with E-state index in [1.807, 2.05) is 5.43 Å². The summed E-state index contributed by atoms with van der Waals surface area (Å²) in [5.74, 6) is 5.07. The number of hydrazine groups is 1. The van der Waals surface area contributed by atoms with Crippen molar-refractivity contribution in [1.82, 2.24) is 5.43 Å². The molecule has 0 radical (unpaired) electrons. The maximum Gasteiger partial charge on any atom is 0.421 e. The number of carbonyl (C=O) groups is 1. The van der Waals surface area contributed by atoms with Gasteiger partial charge < -0.3 is 4.74 Å². The molecule has 1 rings (SSSR count). The Hall–Kier alpha value is -0.770. The second-order valence-electron chi connectivity index (χ2n) is 5.34. The van der Waals surface area contributed by atoms with Gasteiger partial charge in [0.2, 0.25) is 0 Å². The number of hydrogen-bond acceptors (Lipinski definition) is 3. The summed E-state index contributed by atoms with van der Waals surface area (Å²) in [4.78, 5) is 11.3. The fourth-order valence-electron chi connectivity index (χ4n) is 2.33. The highest BCUT2D eigenvalue weighted by atomic mass is 16.6. The van der Waals surface area contributed by atoms with Gasteiger partial charge in [0.25, 0.3) is 0 Å². The highest BCUT2D eigenvalue weighted by Gasteiger charge is 2.46. The first-order chi connectivity index (χ1) is 6.91. The van der Waals surface area contributed by atoms with Gasteiger partial charge in [0, 0.05) is 5.41 Å². The lowest BCUT2D eigenvalue weighted by molar-refractivity contribution is -0.0919. The van der Waals surface area contributed by atoms with E-state index in [1.54, 1.807) is 0 Å². The molecule has 0 heterocycles. The average Bonchev–Trinajstić information content (AvgIpc) is 2.17. The first-order valence-electron chi connectivity index (χ1n) is 5.61. The third-order valence-corrected chi connectivity index (χ3v) is 3.43. The normalized spacial score (nSPS) is 20.8. The van der Waals surface area contributed by atoms with Gasteiger partial charge in [-0.1, -0.05) is 27.2 Å². The SMILES string of the molecule is CC(C)(C)C1(OC(=O)NN)CCCCC1. The summed E-state index contributed by atoms with van der Waals surface area (Å²) < 4.78 is 5.52. The molecule has 88 valence electrons. The third kappa shape index (κ3) is 2.62. The van der Waals surface area contributed by atoms with Gasteiger partial charge in [0.15, 0.2) is 0 Å². The lowest BCUT2D eigenvalue weighted by Crippen LogP contribution is -2.50. The van der Waals surface area contributed by atoms with E-state index in [4.69, 9.17) is 10.6 Å². The number of hydrogen-bond donors (Lipinski definition) is 2. The lowest BCUT2D eigenvalue weighted by atomic mass is 9.68. The Morgan fingerprint density at radius 3 is 2.20 bits per heavy atom. The first-order valence-corrected chi connectivity index (χ1v) is 5.61. The summed E-state index contributed by atoms with van der Waals surface area (Å²) in [5, 5.41) is 0. The van der Waals surface area contributed by atoms with Crippen LogP contribution in [0.4, 0.5) is 4.79 Å². The molecule has 4 nitrogen and oxygen atoms in total. The van der Waals surface area contributed by atoms with Gasteiger partial charge in [0.05, 0.1) is 0 Å². The van der Waals surface area contributed by atoms with Gasteiger partial charge in [-0.05, 0) is 25.7 Å². The van der Waals surface area contributed by atoms with Crippen LogP contribution in [0.2, 0.25) is 0 Å². The Kier molecular flexibility index (Phi) is 3.60. The van der Waals surface area contributed by atoms with Gasteiger partial charge in [-0.2, -0.15) is 0 Å². The molecule has 1 saturated carbocycles. The molecule has 15 heavy (non-hydrogen) atoms. The second-order valence-corrected chi connectivity index (χ2v) is 5.34. The van der Waals surface area contributed by atoms with Crippen molar-refractivity contribution in [2.75, 3.05) is 0 Å². The van der Waals surface area contributed by atoms with Gasteiger partial charge in [-0.25, -0.2) is 10.6 Å². The molecule has 0 aromatic rings. The Labute approximate surface area is 91.5 Å². The van der Waals surface area contributed by atoms with E-state index >= 15 is 0 Å². The highest BCUT2D eigenvalue weighted by molar-refractivity contribution is 5.67. The standard InChI is InChI=1S/C11H22N2O2/c1-10(2,3)11(15-9(14)13-12)7-5-4-6-8-11/h4-8,12H2,1-3H3,(H,13,14). The van der Waals surface area contributed by atoms with Gasteiger partial charge in [-0.3, -0.25) is 5.43 Å². The molecule has 0 aromatic heterocycles. The molecule has 0 unspecified atom stereocenters. The molecule has 0 aromatic carbocycles. The van der Waals surface area contributed by atoms with Crippen LogP contribution in [0.15, 0.2) is 0 Å². The topological polar surface area (TPSA) is 64.3 Å². The summed E-state index contributed by atoms with van der Waals surface area (Å²) in [6, 6.07) is 0. The quantitative estimate of drug-likeness (QED) is 0.400. The summed E-state index contributed by atoms with van der Waals surface area (Å²) in [7, 11) is 0. The molecule has 1 aliphatic rings. The second kappa shape index (κ2) is 4.39. The minimum Gasteiger partial charge on any atom is -0.441 e. The summed E-state index contributed by atoms with van der Waals surface area (Å²) >= 11 is 0. The van der Waals surface area contributed by atoms with Crippen molar-refractivity contribution in [2.45, 2.75) is 58.5 Å². The minimum absolute atomic E-state index is 0.0417. The van der Waals surface area contributed by atoms with E-state index in [1.165, 1.54) is 6.42 Å². The summed E-state index contributed by atoms with van der Waals surface area (Å²) in [6.07, 6.45) is 4.82. The number of ether oxygens (including phenoxy) is 1. The Bertz CT molecular complexity index is 227. The molecule has 0 atom stereocenters. The number of nitrogens with one attached hydrogen (secondary N) is 1. The van der Waals surface area contributed by atoms with E-state index in [2.05, 4.69) is 20.8 Å². The fraction of sp³-hybridized carbons (Fsp3) is 0.909. The number of carbonyl (C=O) groups excluding carboxylic acids is 1. The van der Waals surface area contributed by atoms with Crippen LogP contribution in [-0.4, -0.2) is 11.7 Å². The van der Waals surface area contributed by atoms with Crippen molar-refractivity contribution in [1.29, 1.82) is 0 Å². The predicted molar refractivity (Wildman–Crippen MR) is 59.1 cm³/mol. The number of amides is 1. The maximum atomic E-state index is 11.3. The predicted octanol–water partition coefficient (Wildman–Crippen LogP) is 2.34. The van der Waals surface area contributed by atoms with Crippen LogP contribution in [0.25, 0.3) is 0 Å². The van der Waals surface area contributed by atoms with Gasteiger partial charge in [0.1, 0.15) is 5.60 Å². The minimum atomic E-state index is -0.521.